The molecule has 122 valence electrons. The molecule has 0 spiro atoms. The first-order chi connectivity index (χ1) is 9.51. The molecule has 1 N–H and O–H groups in total. The van der Waals surface area contributed by atoms with Crippen LogP contribution in [0, 0.1) is 16.7 Å². The Morgan fingerprint density at radius 3 is 1.95 bits per heavy atom. The Kier molecular flexibility index (Phi) is 6.01. The average Bonchev–Trinajstić information content (AvgIpc) is 2.34. The minimum atomic E-state index is -0.434. The maximum atomic E-state index is 12.6. The molecule has 1 fully saturated rings. The van der Waals surface area contributed by atoms with Crippen LogP contribution in [0.1, 0.15) is 80.1 Å². The third kappa shape index (κ3) is 5.80. The number of carbonyl (C=O) groups excluding carboxylic acids is 2. The summed E-state index contributed by atoms with van der Waals surface area (Å²) < 4.78 is 0. The molecule has 0 unspecified atom stereocenters. The third-order valence-electron chi connectivity index (χ3n) is 4.37. The van der Waals surface area contributed by atoms with E-state index < -0.39 is 11.5 Å². The highest BCUT2D eigenvalue weighted by Gasteiger charge is 2.38. The lowest BCUT2D eigenvalue weighted by atomic mass is 9.75. The second-order valence-corrected chi connectivity index (χ2v) is 8.69. The van der Waals surface area contributed by atoms with Crippen LogP contribution in [0.5, 0.6) is 0 Å². The molecule has 3 heteroatoms. The first-order valence-electron chi connectivity index (χ1n) is 8.35. The second-order valence-electron chi connectivity index (χ2n) is 8.69. The Balaban J connectivity index is 2.68. The summed E-state index contributed by atoms with van der Waals surface area (Å²) in [5, 5.41) is 3.02. The van der Waals surface area contributed by atoms with Crippen LogP contribution in [-0.4, -0.2) is 17.7 Å². The Bertz CT molecular complexity index is 368. The number of hydrogen-bond donors (Lipinski definition) is 1. The van der Waals surface area contributed by atoms with Gasteiger partial charge in [0.2, 0.25) is 5.91 Å². The zero-order valence-electron chi connectivity index (χ0n) is 14.7. The quantitative estimate of drug-likeness (QED) is 0.848. The van der Waals surface area contributed by atoms with Crippen molar-refractivity contribution in [3.05, 3.63) is 0 Å². The number of nitrogens with one attached hydrogen (secondary N) is 1. The molecule has 0 bridgehead atoms. The van der Waals surface area contributed by atoms with Gasteiger partial charge in [-0.2, -0.15) is 0 Å². The fraction of sp³-hybridized carbons (Fsp3) is 0.889. The van der Waals surface area contributed by atoms with Crippen LogP contribution in [0.3, 0.4) is 0 Å². The van der Waals surface area contributed by atoms with E-state index in [1.54, 1.807) is 0 Å². The highest BCUT2D eigenvalue weighted by molar-refractivity contribution is 5.93. The van der Waals surface area contributed by atoms with Gasteiger partial charge in [-0.25, -0.2) is 0 Å². The van der Waals surface area contributed by atoms with Crippen molar-refractivity contribution in [2.24, 2.45) is 16.7 Å². The number of rotatable bonds is 4. The lowest BCUT2D eigenvalue weighted by Gasteiger charge is -2.35. The smallest absolute Gasteiger partial charge is 0.220 e. The maximum Gasteiger partial charge on any atom is 0.220 e. The first-order valence-corrected chi connectivity index (χ1v) is 8.35. The monoisotopic (exact) mass is 295 g/mol. The largest absolute Gasteiger partial charge is 0.346 e. The van der Waals surface area contributed by atoms with E-state index in [0.29, 0.717) is 12.3 Å². The Morgan fingerprint density at radius 1 is 1.00 bits per heavy atom. The normalized spacial score (nSPS) is 19.1. The highest BCUT2D eigenvalue weighted by atomic mass is 16.2. The summed E-state index contributed by atoms with van der Waals surface area (Å²) in [7, 11) is 0. The van der Waals surface area contributed by atoms with Gasteiger partial charge in [-0.05, 0) is 24.2 Å². The van der Waals surface area contributed by atoms with Crippen molar-refractivity contribution in [2.75, 3.05) is 0 Å². The van der Waals surface area contributed by atoms with E-state index in [2.05, 4.69) is 5.32 Å². The molecule has 3 nitrogen and oxygen atoms in total. The fourth-order valence-corrected chi connectivity index (χ4v) is 2.98. The van der Waals surface area contributed by atoms with Gasteiger partial charge in [0.05, 0.1) is 6.04 Å². The number of hydrogen-bond acceptors (Lipinski definition) is 2. The van der Waals surface area contributed by atoms with Gasteiger partial charge in [-0.3, -0.25) is 9.59 Å². The van der Waals surface area contributed by atoms with E-state index in [4.69, 9.17) is 0 Å². The molecule has 0 aliphatic heterocycles. The minimum Gasteiger partial charge on any atom is -0.346 e. The number of ketones is 1. The Morgan fingerprint density at radius 2 is 1.52 bits per heavy atom. The van der Waals surface area contributed by atoms with Crippen LogP contribution < -0.4 is 5.32 Å². The van der Waals surface area contributed by atoms with E-state index in [1.807, 2.05) is 41.5 Å². The second kappa shape index (κ2) is 6.93. The molecule has 1 saturated carbocycles. The van der Waals surface area contributed by atoms with Gasteiger partial charge in [0.1, 0.15) is 0 Å². The first kappa shape index (κ1) is 18.2. The van der Waals surface area contributed by atoms with Gasteiger partial charge >= 0.3 is 0 Å². The molecule has 1 aliphatic carbocycles. The standard InChI is InChI=1S/C18H33NO2/c1-17(2,3)15(16(21)18(4,5)6)19-14(20)12-13-10-8-7-9-11-13/h13,15H,7-12H2,1-6H3,(H,19,20)/t15-/m1/s1. The summed E-state index contributed by atoms with van der Waals surface area (Å²) in [4.78, 5) is 25.0. The summed E-state index contributed by atoms with van der Waals surface area (Å²) in [5.74, 6) is 0.663. The van der Waals surface area contributed by atoms with Crippen molar-refractivity contribution in [2.45, 2.75) is 86.1 Å². The van der Waals surface area contributed by atoms with Crippen molar-refractivity contribution in [1.29, 1.82) is 0 Å². The zero-order chi connectivity index (χ0) is 16.3. The van der Waals surface area contributed by atoms with E-state index in [9.17, 15) is 9.59 Å². The lowest BCUT2D eigenvalue weighted by molar-refractivity contribution is -0.135. The number of carbonyl (C=O) groups is 2. The van der Waals surface area contributed by atoms with Gasteiger partial charge in [0.25, 0.3) is 0 Å². The summed E-state index contributed by atoms with van der Waals surface area (Å²) in [6, 6.07) is -0.409. The van der Waals surface area contributed by atoms with Gasteiger partial charge in [-0.1, -0.05) is 60.8 Å². The van der Waals surface area contributed by atoms with Crippen molar-refractivity contribution in [3.63, 3.8) is 0 Å². The lowest BCUT2D eigenvalue weighted by Crippen LogP contribution is -2.53. The topological polar surface area (TPSA) is 46.2 Å². The van der Waals surface area contributed by atoms with Gasteiger partial charge < -0.3 is 5.32 Å². The van der Waals surface area contributed by atoms with E-state index in [1.165, 1.54) is 19.3 Å². The van der Waals surface area contributed by atoms with Crippen molar-refractivity contribution in [3.8, 4) is 0 Å². The van der Waals surface area contributed by atoms with Gasteiger partial charge in [-0.15, -0.1) is 0 Å². The molecule has 1 amide bonds. The zero-order valence-corrected chi connectivity index (χ0v) is 14.7. The molecule has 0 saturated heterocycles. The fourth-order valence-electron chi connectivity index (χ4n) is 2.98. The van der Waals surface area contributed by atoms with Crippen molar-refractivity contribution in [1.82, 2.24) is 5.32 Å². The van der Waals surface area contributed by atoms with E-state index >= 15 is 0 Å². The summed E-state index contributed by atoms with van der Waals surface area (Å²) in [6.07, 6.45) is 6.65. The van der Waals surface area contributed by atoms with E-state index in [-0.39, 0.29) is 17.1 Å². The van der Waals surface area contributed by atoms with Crippen LogP contribution in [-0.2, 0) is 9.59 Å². The minimum absolute atomic E-state index is 0.0411. The maximum absolute atomic E-state index is 12.6. The van der Waals surface area contributed by atoms with Crippen molar-refractivity contribution < 1.29 is 9.59 Å². The number of amides is 1. The predicted octanol–water partition coefficient (Wildman–Crippen LogP) is 4.10. The number of Topliss-reactive ketones (excluding diaryl/α,β-unsaturated/α-hetero) is 1. The molecular formula is C18H33NO2. The van der Waals surface area contributed by atoms with Crippen LogP contribution in [0.2, 0.25) is 0 Å². The van der Waals surface area contributed by atoms with Crippen LogP contribution in [0.15, 0.2) is 0 Å². The van der Waals surface area contributed by atoms with Crippen LogP contribution in [0.25, 0.3) is 0 Å². The van der Waals surface area contributed by atoms with E-state index in [0.717, 1.165) is 12.8 Å². The van der Waals surface area contributed by atoms with Gasteiger partial charge in [0.15, 0.2) is 5.78 Å². The molecule has 1 atom stereocenters. The van der Waals surface area contributed by atoms with Crippen molar-refractivity contribution >= 4 is 11.7 Å². The van der Waals surface area contributed by atoms with Crippen LogP contribution in [0.4, 0.5) is 0 Å². The molecule has 1 aliphatic rings. The highest BCUT2D eigenvalue weighted by Crippen LogP contribution is 2.29. The molecule has 21 heavy (non-hydrogen) atoms. The molecule has 0 aromatic rings. The molecule has 0 aromatic heterocycles. The Hall–Kier alpha value is -0.860. The summed E-state index contributed by atoms with van der Waals surface area (Å²) >= 11 is 0. The molecule has 0 aromatic carbocycles. The van der Waals surface area contributed by atoms with Crippen LogP contribution >= 0.6 is 0 Å². The van der Waals surface area contributed by atoms with Gasteiger partial charge in [0, 0.05) is 11.8 Å². The average molecular weight is 295 g/mol. The third-order valence-corrected chi connectivity index (χ3v) is 4.37. The molecule has 0 heterocycles. The summed E-state index contributed by atoms with van der Waals surface area (Å²) in [5.41, 5.74) is -0.692. The predicted molar refractivity (Wildman–Crippen MR) is 87.0 cm³/mol. The summed E-state index contributed by atoms with van der Waals surface area (Å²) in [6.45, 7) is 11.8. The molecule has 1 rings (SSSR count). The SMILES string of the molecule is CC(C)(C)C(=O)[C@@H](NC(=O)CC1CCCCC1)C(C)(C)C. The Labute approximate surface area is 130 Å². The molecular weight excluding hydrogens is 262 g/mol. The molecule has 0 radical (unpaired) electrons.